The number of aromatic nitrogens is 2. The Balaban J connectivity index is 1.44. The van der Waals surface area contributed by atoms with E-state index in [1.807, 2.05) is 6.07 Å². The summed E-state index contributed by atoms with van der Waals surface area (Å²) >= 11 is 0. The zero-order valence-electron chi connectivity index (χ0n) is 14.3. The van der Waals surface area contributed by atoms with Crippen molar-refractivity contribution in [1.29, 1.82) is 0 Å². The Labute approximate surface area is 149 Å². The van der Waals surface area contributed by atoms with Crippen LogP contribution in [0.4, 0.5) is 9.18 Å². The molecule has 7 nitrogen and oxygen atoms in total. The third kappa shape index (κ3) is 3.35. The number of aryl methyl sites for hydroxylation is 1. The molecule has 0 bridgehead atoms. The second-order valence-electron chi connectivity index (χ2n) is 6.39. The van der Waals surface area contributed by atoms with Gasteiger partial charge >= 0.3 is 6.03 Å². The lowest BCUT2D eigenvalue weighted by Crippen LogP contribution is -2.47. The molecule has 1 saturated heterocycles. The number of fused-ring (bicyclic) bond motifs is 1. The highest BCUT2D eigenvalue weighted by atomic mass is 19.1. The van der Waals surface area contributed by atoms with Crippen LogP contribution in [0.2, 0.25) is 0 Å². The zero-order chi connectivity index (χ0) is 18.1. The number of amides is 2. The van der Waals surface area contributed by atoms with Gasteiger partial charge in [-0.2, -0.15) is 0 Å². The summed E-state index contributed by atoms with van der Waals surface area (Å²) in [5.41, 5.74) is 2.29. The van der Waals surface area contributed by atoms with Gasteiger partial charge in [-0.25, -0.2) is 9.18 Å². The first-order valence-corrected chi connectivity index (χ1v) is 8.47. The lowest BCUT2D eigenvalue weighted by molar-refractivity contribution is 0.167. The smallest absolute Gasteiger partial charge is 0.317 e. The predicted molar refractivity (Wildman–Crippen MR) is 92.3 cm³/mol. The van der Waals surface area contributed by atoms with Gasteiger partial charge in [0.1, 0.15) is 6.61 Å². The molecule has 2 aromatic heterocycles. The number of benzene rings is 1. The fourth-order valence-corrected chi connectivity index (χ4v) is 2.83. The van der Waals surface area contributed by atoms with E-state index in [0.29, 0.717) is 12.3 Å². The molecular weight excluding hydrogens is 339 g/mol. The van der Waals surface area contributed by atoms with E-state index in [9.17, 15) is 9.18 Å². The molecule has 3 aromatic rings. The number of ether oxygens (including phenoxy) is 1. The second-order valence-corrected chi connectivity index (χ2v) is 6.39. The topological polar surface area (TPSA) is 83.4 Å². The van der Waals surface area contributed by atoms with Crippen LogP contribution in [-0.4, -0.2) is 34.2 Å². The molecule has 4 rings (SSSR count). The fourth-order valence-electron chi connectivity index (χ4n) is 2.83. The first kappa shape index (κ1) is 16.4. The summed E-state index contributed by atoms with van der Waals surface area (Å²) < 4.78 is 24.8. The van der Waals surface area contributed by atoms with Crippen LogP contribution < -0.4 is 10.1 Å². The summed E-state index contributed by atoms with van der Waals surface area (Å²) in [7, 11) is 0. The lowest BCUT2D eigenvalue weighted by Gasteiger charge is -2.30. The molecule has 1 fully saturated rings. The van der Waals surface area contributed by atoms with Crippen LogP contribution in [0, 0.1) is 12.7 Å². The molecule has 1 aromatic carbocycles. The van der Waals surface area contributed by atoms with Crippen molar-refractivity contribution in [3.63, 3.8) is 0 Å². The monoisotopic (exact) mass is 358 g/mol. The van der Waals surface area contributed by atoms with Crippen molar-refractivity contribution in [2.24, 2.45) is 0 Å². The molecule has 2 amide bonds. The van der Waals surface area contributed by atoms with Gasteiger partial charge in [0.15, 0.2) is 17.3 Å². The van der Waals surface area contributed by atoms with Gasteiger partial charge in [0.05, 0.1) is 12.2 Å². The Bertz CT molecular complexity index is 945. The molecule has 3 heterocycles. The van der Waals surface area contributed by atoms with Gasteiger partial charge in [0.25, 0.3) is 0 Å². The summed E-state index contributed by atoms with van der Waals surface area (Å²) in [5.74, 6) is 0.205. The molecule has 1 aliphatic rings. The van der Waals surface area contributed by atoms with E-state index in [2.05, 4.69) is 15.5 Å². The Morgan fingerprint density at radius 1 is 1.38 bits per heavy atom. The van der Waals surface area contributed by atoms with E-state index in [1.165, 1.54) is 6.07 Å². The molecule has 8 heteroatoms. The quantitative estimate of drug-likeness (QED) is 0.734. The molecule has 0 aliphatic carbocycles. The van der Waals surface area contributed by atoms with E-state index in [-0.39, 0.29) is 18.4 Å². The lowest BCUT2D eigenvalue weighted by atomic mass is 10.2. The molecule has 0 unspecified atom stereocenters. The van der Waals surface area contributed by atoms with Crippen molar-refractivity contribution < 1.29 is 18.4 Å². The maximum absolute atomic E-state index is 14.2. The molecule has 136 valence electrons. The number of carbonyl (C=O) groups excluding carboxylic acids is 1. The Hall–Kier alpha value is -3.03. The Morgan fingerprint density at radius 2 is 2.23 bits per heavy atom. The van der Waals surface area contributed by atoms with Gasteiger partial charge in [-0.1, -0.05) is 5.16 Å². The van der Waals surface area contributed by atoms with Gasteiger partial charge in [-0.05, 0) is 25.5 Å². The van der Waals surface area contributed by atoms with Gasteiger partial charge in [0.2, 0.25) is 0 Å². The van der Waals surface area contributed by atoms with Crippen LogP contribution in [0.1, 0.15) is 23.6 Å². The van der Waals surface area contributed by atoms with Gasteiger partial charge in [-0.15, -0.1) is 0 Å². The van der Waals surface area contributed by atoms with E-state index >= 15 is 0 Å². The largest absolute Gasteiger partial charge is 0.482 e. The minimum Gasteiger partial charge on any atom is -0.482 e. The molecule has 0 atom stereocenters. The van der Waals surface area contributed by atoms with Gasteiger partial charge in [-0.3, -0.25) is 0 Å². The maximum Gasteiger partial charge on any atom is 0.317 e. The normalized spacial score (nSPS) is 13.7. The van der Waals surface area contributed by atoms with Crippen LogP contribution in [0.5, 0.6) is 5.75 Å². The zero-order valence-corrected chi connectivity index (χ0v) is 14.3. The van der Waals surface area contributed by atoms with Crippen molar-refractivity contribution in [2.75, 3.05) is 13.1 Å². The van der Waals surface area contributed by atoms with E-state index < -0.39 is 5.82 Å². The molecule has 26 heavy (non-hydrogen) atoms. The number of aromatic amines is 1. The standard InChI is InChI=1S/C18H19FN4O3/c1-11-5-14(26-22-11)10-25-17-8-16-12(7-15(17)19)6-13(21-16)9-20-18(24)23-3-2-4-23/h5-8,21H,2-4,9-10H2,1H3,(H,20,24). The predicted octanol–water partition coefficient (Wildman–Crippen LogP) is 3.10. The van der Waals surface area contributed by atoms with Crippen molar-refractivity contribution in [2.45, 2.75) is 26.5 Å². The number of nitrogens with one attached hydrogen (secondary N) is 2. The van der Waals surface area contributed by atoms with E-state index in [0.717, 1.165) is 41.8 Å². The van der Waals surface area contributed by atoms with E-state index in [4.69, 9.17) is 9.26 Å². The maximum atomic E-state index is 14.2. The minimum absolute atomic E-state index is 0.0764. The molecule has 2 N–H and O–H groups in total. The van der Waals surface area contributed by atoms with Crippen molar-refractivity contribution in [1.82, 2.24) is 20.4 Å². The van der Waals surface area contributed by atoms with Crippen LogP contribution in [-0.2, 0) is 13.2 Å². The number of rotatable bonds is 5. The Kier molecular flexibility index (Phi) is 4.24. The summed E-state index contributed by atoms with van der Waals surface area (Å²) in [6.45, 7) is 3.87. The van der Waals surface area contributed by atoms with Crippen LogP contribution in [0.3, 0.4) is 0 Å². The SMILES string of the molecule is Cc1cc(COc2cc3[nH]c(CNC(=O)N4CCC4)cc3cc2F)on1. The fraction of sp³-hybridized carbons (Fsp3) is 0.333. The second kappa shape index (κ2) is 6.70. The third-order valence-electron chi connectivity index (χ3n) is 4.35. The number of halogens is 1. The summed E-state index contributed by atoms with van der Waals surface area (Å²) in [6.07, 6.45) is 1.05. The van der Waals surface area contributed by atoms with Crippen molar-refractivity contribution in [3.05, 3.63) is 47.2 Å². The number of hydrogen-bond donors (Lipinski definition) is 2. The summed E-state index contributed by atoms with van der Waals surface area (Å²) in [6, 6.07) is 6.50. The number of likely N-dealkylation sites (tertiary alicyclic amines) is 1. The van der Waals surface area contributed by atoms with Gasteiger partial charge < -0.3 is 24.5 Å². The van der Waals surface area contributed by atoms with Crippen molar-refractivity contribution >= 4 is 16.9 Å². The number of hydrogen-bond acceptors (Lipinski definition) is 4. The molecule has 0 saturated carbocycles. The summed E-state index contributed by atoms with van der Waals surface area (Å²) in [5, 5.41) is 7.34. The number of urea groups is 1. The number of nitrogens with zero attached hydrogens (tertiary/aromatic N) is 2. The first-order valence-electron chi connectivity index (χ1n) is 8.47. The Morgan fingerprint density at radius 3 is 2.92 bits per heavy atom. The summed E-state index contributed by atoms with van der Waals surface area (Å²) in [4.78, 5) is 16.8. The van der Waals surface area contributed by atoms with E-state index in [1.54, 1.807) is 24.0 Å². The van der Waals surface area contributed by atoms with Crippen LogP contribution in [0.15, 0.2) is 28.8 Å². The highest BCUT2D eigenvalue weighted by molar-refractivity contribution is 5.82. The van der Waals surface area contributed by atoms with Crippen LogP contribution in [0.25, 0.3) is 10.9 Å². The molecule has 1 aliphatic heterocycles. The minimum atomic E-state index is -0.455. The average molecular weight is 358 g/mol. The van der Waals surface area contributed by atoms with Crippen LogP contribution >= 0.6 is 0 Å². The van der Waals surface area contributed by atoms with Crippen molar-refractivity contribution in [3.8, 4) is 5.75 Å². The highest BCUT2D eigenvalue weighted by Gasteiger charge is 2.19. The van der Waals surface area contributed by atoms with Gasteiger partial charge in [0, 0.05) is 41.8 Å². The molecule has 0 spiro atoms. The number of carbonyl (C=O) groups is 1. The third-order valence-corrected chi connectivity index (χ3v) is 4.35. The molecular formula is C18H19FN4O3. The number of H-pyrrole nitrogens is 1. The first-order chi connectivity index (χ1) is 12.6. The molecule has 0 radical (unpaired) electrons. The average Bonchev–Trinajstić information content (AvgIpc) is 3.14. The highest BCUT2D eigenvalue weighted by Crippen LogP contribution is 2.26.